The number of rotatable bonds is 5. The highest BCUT2D eigenvalue weighted by molar-refractivity contribution is 8.10. The molecule has 7 heteroatoms. The Morgan fingerprint density at radius 2 is 1.29 bits per heavy atom. The van der Waals surface area contributed by atoms with Gasteiger partial charge in [-0.15, -0.1) is 0 Å². The summed E-state index contributed by atoms with van der Waals surface area (Å²) in [6, 6.07) is 15.2. The van der Waals surface area contributed by atoms with E-state index in [2.05, 4.69) is 6.58 Å². The Morgan fingerprint density at radius 1 is 0.893 bits per heavy atom. The van der Waals surface area contributed by atoms with E-state index in [0.717, 1.165) is 0 Å². The smallest absolute Gasteiger partial charge is 0.199 e. The van der Waals surface area contributed by atoms with Crippen molar-refractivity contribution < 1.29 is 21.9 Å². The molecule has 1 atom stereocenters. The number of hydrogen-bond acceptors (Lipinski definition) is 5. The molecule has 1 N–H and O–H groups in total. The minimum absolute atomic E-state index is 0.0568. The molecule has 2 aromatic rings. The summed E-state index contributed by atoms with van der Waals surface area (Å²) in [6.45, 7) is 7.01. The molecule has 0 radical (unpaired) electrons. The summed E-state index contributed by atoms with van der Waals surface area (Å²) in [5, 5.41) is 10.5. The Morgan fingerprint density at radius 3 is 1.61 bits per heavy atom. The summed E-state index contributed by atoms with van der Waals surface area (Å²) >= 11 is 0. The summed E-state index contributed by atoms with van der Waals surface area (Å²) < 4.78 is 52.6. The van der Waals surface area contributed by atoms with Crippen LogP contribution >= 0.6 is 0 Å². The van der Waals surface area contributed by atoms with Gasteiger partial charge in [0.15, 0.2) is 23.8 Å². The van der Waals surface area contributed by atoms with Gasteiger partial charge in [-0.2, -0.15) is 0 Å². The van der Waals surface area contributed by atoms with Crippen molar-refractivity contribution in [1.82, 2.24) is 0 Å². The normalized spacial score (nSPS) is 20.2. The fourth-order valence-electron chi connectivity index (χ4n) is 3.93. The standard InChI is InChI=1S/C21H24O5S2/c1-16-14-21(15-19(16)20(2,3)22,27(23,24)17-10-6-4-7-11-17)28(25,26)18-12-8-5-9-13-18/h4-13,19,22H,1,14-15H2,2-3H3. The maximum absolute atomic E-state index is 13.7. The largest absolute Gasteiger partial charge is 0.390 e. The molecule has 0 aliphatic heterocycles. The van der Waals surface area contributed by atoms with E-state index < -0.39 is 35.3 Å². The minimum Gasteiger partial charge on any atom is -0.390 e. The molecule has 150 valence electrons. The van der Waals surface area contributed by atoms with Crippen molar-refractivity contribution in [2.45, 2.75) is 46.2 Å². The Hall–Kier alpha value is -1.96. The van der Waals surface area contributed by atoms with Crippen LogP contribution in [0.3, 0.4) is 0 Å². The fraction of sp³-hybridized carbons (Fsp3) is 0.333. The van der Waals surface area contributed by atoms with Gasteiger partial charge in [0.05, 0.1) is 15.4 Å². The van der Waals surface area contributed by atoms with Crippen LogP contribution in [0.4, 0.5) is 0 Å². The van der Waals surface area contributed by atoms with Crippen molar-refractivity contribution in [2.24, 2.45) is 5.92 Å². The highest BCUT2D eigenvalue weighted by atomic mass is 32.3. The zero-order chi connectivity index (χ0) is 20.8. The van der Waals surface area contributed by atoms with Crippen LogP contribution in [0.2, 0.25) is 0 Å². The Kier molecular flexibility index (Phi) is 5.06. The van der Waals surface area contributed by atoms with Crippen molar-refractivity contribution >= 4 is 19.7 Å². The molecule has 1 aliphatic rings. The highest BCUT2D eigenvalue weighted by Crippen LogP contribution is 2.53. The molecule has 3 rings (SSSR count). The molecular weight excluding hydrogens is 396 g/mol. The van der Waals surface area contributed by atoms with Gasteiger partial charge in [0.1, 0.15) is 0 Å². The lowest BCUT2D eigenvalue weighted by molar-refractivity contribution is 0.0346. The molecule has 1 saturated carbocycles. The first-order valence-corrected chi connectivity index (χ1v) is 11.9. The van der Waals surface area contributed by atoms with Crippen molar-refractivity contribution in [3.63, 3.8) is 0 Å². The molecule has 5 nitrogen and oxygen atoms in total. The molecule has 0 saturated heterocycles. The average Bonchev–Trinajstić information content (AvgIpc) is 3.03. The predicted octanol–water partition coefficient (Wildman–Crippen LogP) is 3.37. The third kappa shape index (κ3) is 3.11. The molecule has 1 fully saturated rings. The summed E-state index contributed by atoms with van der Waals surface area (Å²) in [5.74, 6) is -0.663. The first-order valence-electron chi connectivity index (χ1n) is 8.93. The third-order valence-corrected chi connectivity index (χ3v) is 11.1. The number of aliphatic hydroxyl groups is 1. The molecular formula is C21H24O5S2. The van der Waals surface area contributed by atoms with Gasteiger partial charge in [0, 0.05) is 12.3 Å². The predicted molar refractivity (Wildman–Crippen MR) is 108 cm³/mol. The van der Waals surface area contributed by atoms with Gasteiger partial charge in [0.25, 0.3) is 0 Å². The molecule has 1 aliphatic carbocycles. The van der Waals surface area contributed by atoms with Gasteiger partial charge in [-0.25, -0.2) is 16.8 Å². The van der Waals surface area contributed by atoms with Crippen LogP contribution in [0.1, 0.15) is 26.7 Å². The third-order valence-electron chi connectivity index (χ3n) is 5.44. The van der Waals surface area contributed by atoms with E-state index in [9.17, 15) is 21.9 Å². The topological polar surface area (TPSA) is 88.5 Å². The van der Waals surface area contributed by atoms with E-state index in [1.54, 1.807) is 50.2 Å². The molecule has 0 aromatic heterocycles. The Bertz CT molecular complexity index is 1010. The monoisotopic (exact) mass is 420 g/mol. The molecule has 0 bridgehead atoms. The van der Waals surface area contributed by atoms with Crippen molar-refractivity contribution in [1.29, 1.82) is 0 Å². The highest BCUT2D eigenvalue weighted by Gasteiger charge is 2.62. The number of sulfone groups is 2. The van der Waals surface area contributed by atoms with Crippen LogP contribution in [0.25, 0.3) is 0 Å². The second-order valence-corrected chi connectivity index (χ2v) is 12.6. The maximum atomic E-state index is 13.7. The first-order chi connectivity index (χ1) is 12.9. The van der Waals surface area contributed by atoms with Gasteiger partial charge < -0.3 is 5.11 Å². The van der Waals surface area contributed by atoms with Gasteiger partial charge in [-0.05, 0) is 44.5 Å². The summed E-state index contributed by atoms with van der Waals surface area (Å²) in [7, 11) is -8.58. The fourth-order valence-corrected chi connectivity index (χ4v) is 9.07. The molecule has 28 heavy (non-hydrogen) atoms. The van der Waals surface area contributed by atoms with Crippen molar-refractivity contribution in [3.05, 3.63) is 72.8 Å². The Labute approximate surface area is 166 Å². The molecule has 1 unspecified atom stereocenters. The van der Waals surface area contributed by atoms with E-state index >= 15 is 0 Å². The lowest BCUT2D eigenvalue weighted by atomic mass is 9.87. The summed E-state index contributed by atoms with van der Waals surface area (Å²) in [4.78, 5) is -0.114. The SMILES string of the molecule is C=C1CC(S(=O)(=O)c2ccccc2)(S(=O)(=O)c2ccccc2)CC1C(C)(C)O. The van der Waals surface area contributed by atoms with Crippen molar-refractivity contribution in [2.75, 3.05) is 0 Å². The van der Waals surface area contributed by atoms with Crippen molar-refractivity contribution in [3.8, 4) is 0 Å². The van der Waals surface area contributed by atoms with E-state index in [1.807, 2.05) is 0 Å². The van der Waals surface area contributed by atoms with Gasteiger partial charge in [-0.1, -0.05) is 48.6 Å². The quantitative estimate of drug-likeness (QED) is 0.749. The Balaban J connectivity index is 2.30. The molecule has 2 aromatic carbocycles. The minimum atomic E-state index is -4.29. The molecule has 0 heterocycles. The van der Waals surface area contributed by atoms with E-state index in [1.165, 1.54) is 24.3 Å². The molecule has 0 spiro atoms. The van der Waals surface area contributed by atoms with Crippen LogP contribution in [0.15, 0.2) is 82.6 Å². The maximum Gasteiger partial charge on any atom is 0.199 e. The molecule has 0 amide bonds. The van der Waals surface area contributed by atoms with Gasteiger partial charge >= 0.3 is 0 Å². The second kappa shape index (κ2) is 6.83. The van der Waals surface area contributed by atoms with Crippen LogP contribution in [-0.2, 0) is 19.7 Å². The number of hydrogen-bond donors (Lipinski definition) is 1. The second-order valence-electron chi connectivity index (χ2n) is 7.79. The zero-order valence-electron chi connectivity index (χ0n) is 15.9. The summed E-state index contributed by atoms with van der Waals surface area (Å²) in [5.41, 5.74) is -0.872. The van der Waals surface area contributed by atoms with E-state index in [-0.39, 0.29) is 22.6 Å². The van der Waals surface area contributed by atoms with Crippen LogP contribution in [-0.4, -0.2) is 31.6 Å². The van der Waals surface area contributed by atoms with Gasteiger partial charge in [-0.3, -0.25) is 0 Å². The zero-order valence-corrected chi connectivity index (χ0v) is 17.5. The summed E-state index contributed by atoms with van der Waals surface area (Å²) in [6.07, 6.45) is -0.500. The van der Waals surface area contributed by atoms with Crippen LogP contribution < -0.4 is 0 Å². The number of benzene rings is 2. The van der Waals surface area contributed by atoms with E-state index in [4.69, 9.17) is 0 Å². The van der Waals surface area contributed by atoms with Gasteiger partial charge in [0.2, 0.25) is 0 Å². The lowest BCUT2D eigenvalue weighted by Gasteiger charge is -2.31. The van der Waals surface area contributed by atoms with Crippen LogP contribution in [0, 0.1) is 5.92 Å². The van der Waals surface area contributed by atoms with E-state index in [0.29, 0.717) is 5.57 Å². The lowest BCUT2D eigenvalue weighted by Crippen LogP contribution is -2.45. The first kappa shape index (κ1) is 20.8. The van der Waals surface area contributed by atoms with Crippen LogP contribution in [0.5, 0.6) is 0 Å². The average molecular weight is 421 g/mol.